The highest BCUT2D eigenvalue weighted by atomic mass is 35.5. The Morgan fingerprint density at radius 3 is 2.26 bits per heavy atom. The van der Waals surface area contributed by atoms with Crippen molar-refractivity contribution in [3.05, 3.63) is 64.1 Å². The third-order valence-corrected chi connectivity index (χ3v) is 5.37. The molecule has 0 heterocycles. The predicted octanol–water partition coefficient (Wildman–Crippen LogP) is 3.35. The van der Waals surface area contributed by atoms with Gasteiger partial charge in [0, 0.05) is 5.02 Å². The van der Waals surface area contributed by atoms with Crippen LogP contribution in [0.3, 0.4) is 0 Å². The molecule has 4 nitrogen and oxygen atoms in total. The molecule has 0 aliphatic heterocycles. The van der Waals surface area contributed by atoms with Gasteiger partial charge in [0.25, 0.3) is 0 Å². The second kappa shape index (κ2) is 8.02. The van der Waals surface area contributed by atoms with Gasteiger partial charge in [-0.1, -0.05) is 53.5 Å². The molecule has 2 rings (SSSR count). The first-order valence-corrected chi connectivity index (χ1v) is 9.44. The van der Waals surface area contributed by atoms with Gasteiger partial charge in [-0.3, -0.25) is 0 Å². The van der Waals surface area contributed by atoms with E-state index in [9.17, 15) is 13.5 Å². The zero-order valence-electron chi connectivity index (χ0n) is 12.2. The standard InChI is InChI=1S/C16H16Cl2O4S/c17-14-6-2-1-5-12(14)10-23(20,21)11-13(19)9-22-16-8-4-3-7-15(16)18/h1-8,13,19H,9-11H2/t13-/m0/s1. The number of aliphatic hydroxyl groups excluding tert-OH is 1. The minimum atomic E-state index is -3.52. The van der Waals surface area contributed by atoms with E-state index in [0.29, 0.717) is 21.4 Å². The molecule has 124 valence electrons. The topological polar surface area (TPSA) is 63.6 Å². The van der Waals surface area contributed by atoms with Gasteiger partial charge in [0.05, 0.1) is 16.5 Å². The lowest BCUT2D eigenvalue weighted by Crippen LogP contribution is -2.28. The number of hydrogen-bond donors (Lipinski definition) is 1. The molecule has 0 unspecified atom stereocenters. The van der Waals surface area contributed by atoms with Gasteiger partial charge < -0.3 is 9.84 Å². The van der Waals surface area contributed by atoms with Crippen LogP contribution in [0.4, 0.5) is 0 Å². The average molecular weight is 375 g/mol. The van der Waals surface area contributed by atoms with Crippen molar-refractivity contribution in [2.45, 2.75) is 11.9 Å². The zero-order valence-corrected chi connectivity index (χ0v) is 14.5. The largest absolute Gasteiger partial charge is 0.489 e. The van der Waals surface area contributed by atoms with Gasteiger partial charge in [-0.25, -0.2) is 8.42 Å². The predicted molar refractivity (Wildman–Crippen MR) is 91.9 cm³/mol. The van der Waals surface area contributed by atoms with Crippen LogP contribution in [0.25, 0.3) is 0 Å². The number of halogens is 2. The number of sulfone groups is 1. The van der Waals surface area contributed by atoms with E-state index in [0.717, 1.165) is 0 Å². The van der Waals surface area contributed by atoms with Gasteiger partial charge in [0.2, 0.25) is 0 Å². The molecule has 0 aliphatic carbocycles. The van der Waals surface area contributed by atoms with Gasteiger partial charge >= 0.3 is 0 Å². The fraction of sp³-hybridized carbons (Fsp3) is 0.250. The first-order chi connectivity index (χ1) is 10.9. The highest BCUT2D eigenvalue weighted by Crippen LogP contribution is 2.23. The van der Waals surface area contributed by atoms with E-state index in [1.165, 1.54) is 0 Å². The van der Waals surface area contributed by atoms with Crippen LogP contribution in [0, 0.1) is 0 Å². The monoisotopic (exact) mass is 374 g/mol. The molecule has 2 aromatic rings. The van der Waals surface area contributed by atoms with E-state index in [-0.39, 0.29) is 12.4 Å². The Bertz CT molecular complexity index is 762. The van der Waals surface area contributed by atoms with Crippen molar-refractivity contribution in [1.29, 1.82) is 0 Å². The average Bonchev–Trinajstić information content (AvgIpc) is 2.48. The Hall–Kier alpha value is -1.27. The molecule has 1 N–H and O–H groups in total. The lowest BCUT2D eigenvalue weighted by atomic mass is 10.2. The molecule has 0 saturated heterocycles. The van der Waals surface area contributed by atoms with Crippen LogP contribution in [0.1, 0.15) is 5.56 Å². The minimum Gasteiger partial charge on any atom is -0.489 e. The molecular weight excluding hydrogens is 359 g/mol. The molecule has 7 heteroatoms. The highest BCUT2D eigenvalue weighted by molar-refractivity contribution is 7.90. The fourth-order valence-electron chi connectivity index (χ4n) is 2.00. The number of hydrogen-bond acceptors (Lipinski definition) is 4. The third kappa shape index (κ3) is 5.70. The lowest BCUT2D eigenvalue weighted by molar-refractivity contribution is 0.125. The van der Waals surface area contributed by atoms with E-state index in [4.69, 9.17) is 27.9 Å². The van der Waals surface area contributed by atoms with Crippen molar-refractivity contribution in [2.75, 3.05) is 12.4 Å². The molecule has 0 fully saturated rings. The summed E-state index contributed by atoms with van der Waals surface area (Å²) in [5.41, 5.74) is 0.508. The van der Waals surface area contributed by atoms with Crippen molar-refractivity contribution in [1.82, 2.24) is 0 Å². The van der Waals surface area contributed by atoms with E-state index >= 15 is 0 Å². The summed E-state index contributed by atoms with van der Waals surface area (Å²) in [6, 6.07) is 13.5. The lowest BCUT2D eigenvalue weighted by Gasteiger charge is -2.14. The Morgan fingerprint density at radius 2 is 1.61 bits per heavy atom. The molecule has 0 spiro atoms. The SMILES string of the molecule is O=S(=O)(Cc1ccccc1Cl)C[C@@H](O)COc1ccccc1Cl. The van der Waals surface area contributed by atoms with Gasteiger partial charge in [0.15, 0.2) is 9.84 Å². The fourth-order valence-corrected chi connectivity index (χ4v) is 4.00. The number of aliphatic hydroxyl groups is 1. The zero-order chi connectivity index (χ0) is 16.9. The second-order valence-corrected chi connectivity index (χ2v) is 7.96. The second-order valence-electron chi connectivity index (χ2n) is 5.04. The number of rotatable bonds is 7. The van der Waals surface area contributed by atoms with Gasteiger partial charge in [-0.2, -0.15) is 0 Å². The van der Waals surface area contributed by atoms with Gasteiger partial charge in [-0.05, 0) is 23.8 Å². The van der Waals surface area contributed by atoms with Crippen LogP contribution in [-0.4, -0.2) is 32.0 Å². The maximum absolute atomic E-state index is 12.1. The summed E-state index contributed by atoms with van der Waals surface area (Å²) in [6.45, 7) is -0.161. The molecular formula is C16H16Cl2O4S. The van der Waals surface area contributed by atoms with Crippen molar-refractivity contribution in [3.63, 3.8) is 0 Å². The van der Waals surface area contributed by atoms with Crippen LogP contribution in [0.5, 0.6) is 5.75 Å². The number of ether oxygens (including phenoxy) is 1. The Morgan fingerprint density at radius 1 is 1.00 bits per heavy atom. The third-order valence-electron chi connectivity index (χ3n) is 3.05. The molecule has 23 heavy (non-hydrogen) atoms. The minimum absolute atomic E-state index is 0.161. The van der Waals surface area contributed by atoms with Crippen LogP contribution in [-0.2, 0) is 15.6 Å². The van der Waals surface area contributed by atoms with E-state index in [2.05, 4.69) is 0 Å². The van der Waals surface area contributed by atoms with Crippen LogP contribution in [0.2, 0.25) is 10.0 Å². The summed E-state index contributed by atoms with van der Waals surface area (Å²) in [7, 11) is -3.52. The highest BCUT2D eigenvalue weighted by Gasteiger charge is 2.20. The first kappa shape index (κ1) is 18.1. The normalized spacial score (nSPS) is 12.8. The molecule has 0 bridgehead atoms. The van der Waals surface area contributed by atoms with E-state index in [1.54, 1.807) is 48.5 Å². The van der Waals surface area contributed by atoms with E-state index in [1.807, 2.05) is 0 Å². The number of benzene rings is 2. The van der Waals surface area contributed by atoms with Gasteiger partial charge in [0.1, 0.15) is 18.5 Å². The van der Waals surface area contributed by atoms with Crippen LogP contribution >= 0.6 is 23.2 Å². The maximum Gasteiger partial charge on any atom is 0.157 e. The van der Waals surface area contributed by atoms with E-state index < -0.39 is 21.7 Å². The summed E-state index contributed by atoms with van der Waals surface area (Å²) >= 11 is 11.9. The van der Waals surface area contributed by atoms with Crippen LogP contribution < -0.4 is 4.74 Å². The van der Waals surface area contributed by atoms with Crippen LogP contribution in [0.15, 0.2) is 48.5 Å². The summed E-state index contributed by atoms with van der Waals surface area (Å²) in [6.07, 6.45) is -1.15. The van der Waals surface area contributed by atoms with Crippen molar-refractivity contribution < 1.29 is 18.3 Å². The van der Waals surface area contributed by atoms with Crippen molar-refractivity contribution >= 4 is 33.0 Å². The maximum atomic E-state index is 12.1. The summed E-state index contributed by atoms with van der Waals surface area (Å²) in [4.78, 5) is 0. The Balaban J connectivity index is 1.92. The Labute approximate surface area is 145 Å². The molecule has 1 atom stereocenters. The van der Waals surface area contributed by atoms with Gasteiger partial charge in [-0.15, -0.1) is 0 Å². The molecule has 0 saturated carbocycles. The summed E-state index contributed by atoms with van der Waals surface area (Å²) in [5.74, 6) is -0.241. The molecule has 0 amide bonds. The molecule has 0 aliphatic rings. The molecule has 0 aromatic heterocycles. The summed E-state index contributed by atoms with van der Waals surface area (Å²) < 4.78 is 29.6. The smallest absolute Gasteiger partial charge is 0.157 e. The number of para-hydroxylation sites is 1. The molecule has 0 radical (unpaired) electrons. The van der Waals surface area contributed by atoms with Crippen molar-refractivity contribution in [2.24, 2.45) is 0 Å². The quantitative estimate of drug-likeness (QED) is 0.806. The first-order valence-electron chi connectivity index (χ1n) is 6.86. The van der Waals surface area contributed by atoms with Crippen molar-refractivity contribution in [3.8, 4) is 5.75 Å². The molecule has 2 aromatic carbocycles. The Kier molecular flexibility index (Phi) is 6.30. The summed E-state index contributed by atoms with van der Waals surface area (Å²) in [5, 5.41) is 10.7.